The van der Waals surface area contributed by atoms with Crippen molar-refractivity contribution in [1.82, 2.24) is 9.97 Å². The number of carbonyl (C=O) groups is 1. The van der Waals surface area contributed by atoms with Gasteiger partial charge in [0, 0.05) is 11.6 Å². The Morgan fingerprint density at radius 1 is 1.21 bits per heavy atom. The summed E-state index contributed by atoms with van der Waals surface area (Å²) in [5, 5.41) is 10.1. The molecule has 1 N–H and O–H groups in total. The standard InChI is InChI=1S/C22H15N3O3S/c1-27-21(26)15-6-4-5-14(11-15)20-10-9-16(28-20)12-17(13-23)29-22-24-18-7-2-3-8-19(18)25-22/h2-12H,1H3,(H,24,25)/b17-12+. The molecule has 4 aromatic rings. The number of nitrogens with one attached hydrogen (secondary N) is 1. The van der Waals surface area contributed by atoms with E-state index in [1.54, 1.807) is 36.4 Å². The number of benzene rings is 2. The van der Waals surface area contributed by atoms with Gasteiger partial charge >= 0.3 is 5.97 Å². The minimum absolute atomic E-state index is 0.410. The third-order valence-electron chi connectivity index (χ3n) is 4.15. The van der Waals surface area contributed by atoms with Gasteiger partial charge in [-0.15, -0.1) is 0 Å². The minimum atomic E-state index is -0.410. The van der Waals surface area contributed by atoms with Gasteiger partial charge in [0.25, 0.3) is 0 Å². The number of thioether (sulfide) groups is 1. The van der Waals surface area contributed by atoms with Crippen LogP contribution in [0.1, 0.15) is 16.1 Å². The lowest BCUT2D eigenvalue weighted by molar-refractivity contribution is 0.0601. The Bertz CT molecular complexity index is 1230. The Hall–Kier alpha value is -3.76. The topological polar surface area (TPSA) is 91.9 Å². The van der Waals surface area contributed by atoms with Crippen molar-refractivity contribution in [2.24, 2.45) is 0 Å². The fourth-order valence-corrected chi connectivity index (χ4v) is 3.53. The highest BCUT2D eigenvalue weighted by Crippen LogP contribution is 2.29. The molecule has 0 radical (unpaired) electrons. The Balaban J connectivity index is 1.57. The molecule has 142 valence electrons. The zero-order valence-corrected chi connectivity index (χ0v) is 16.2. The number of para-hydroxylation sites is 2. The molecule has 0 amide bonds. The largest absolute Gasteiger partial charge is 0.465 e. The van der Waals surface area contributed by atoms with Crippen LogP contribution in [-0.2, 0) is 4.74 Å². The number of furan rings is 1. The molecule has 0 saturated carbocycles. The Morgan fingerprint density at radius 3 is 2.86 bits per heavy atom. The summed E-state index contributed by atoms with van der Waals surface area (Å²) >= 11 is 1.24. The zero-order valence-electron chi connectivity index (χ0n) is 15.4. The lowest BCUT2D eigenvalue weighted by Crippen LogP contribution is -2.00. The van der Waals surface area contributed by atoms with Crippen molar-refractivity contribution in [1.29, 1.82) is 5.26 Å². The summed E-state index contributed by atoms with van der Waals surface area (Å²) < 4.78 is 10.6. The van der Waals surface area contributed by atoms with Crippen molar-refractivity contribution in [3.05, 3.63) is 76.9 Å². The van der Waals surface area contributed by atoms with Crippen molar-refractivity contribution < 1.29 is 13.9 Å². The number of H-pyrrole nitrogens is 1. The van der Waals surface area contributed by atoms with E-state index < -0.39 is 5.97 Å². The smallest absolute Gasteiger partial charge is 0.337 e. The van der Waals surface area contributed by atoms with Crippen LogP contribution in [0.3, 0.4) is 0 Å². The molecule has 0 saturated heterocycles. The van der Waals surface area contributed by atoms with Crippen LogP contribution in [0.2, 0.25) is 0 Å². The predicted octanol–water partition coefficient (Wildman–Crippen LogP) is 5.27. The molecule has 0 unspecified atom stereocenters. The third kappa shape index (κ3) is 4.08. The predicted molar refractivity (Wildman–Crippen MR) is 111 cm³/mol. The number of esters is 1. The Labute approximate surface area is 170 Å². The summed E-state index contributed by atoms with van der Waals surface area (Å²) in [5.41, 5.74) is 2.95. The molecule has 0 bridgehead atoms. The van der Waals surface area contributed by atoms with Gasteiger partial charge in [0.05, 0.1) is 28.6 Å². The van der Waals surface area contributed by atoms with Gasteiger partial charge in [-0.05, 0) is 48.2 Å². The number of nitriles is 1. The molecule has 6 nitrogen and oxygen atoms in total. The highest BCUT2D eigenvalue weighted by Gasteiger charge is 2.11. The number of imidazole rings is 1. The lowest BCUT2D eigenvalue weighted by atomic mass is 10.1. The third-order valence-corrected chi connectivity index (χ3v) is 4.97. The van der Waals surface area contributed by atoms with E-state index in [4.69, 9.17) is 9.15 Å². The van der Waals surface area contributed by atoms with Gasteiger partial charge in [0.2, 0.25) is 0 Å². The molecular formula is C22H15N3O3S. The lowest BCUT2D eigenvalue weighted by Gasteiger charge is -2.01. The number of nitrogens with zero attached hydrogens (tertiary/aromatic N) is 2. The summed E-state index contributed by atoms with van der Waals surface area (Å²) in [7, 11) is 1.34. The van der Waals surface area contributed by atoms with E-state index in [-0.39, 0.29) is 0 Å². The number of aromatic nitrogens is 2. The molecule has 2 heterocycles. The molecule has 0 aliphatic rings. The molecule has 2 aromatic carbocycles. The van der Waals surface area contributed by atoms with E-state index in [1.807, 2.05) is 30.3 Å². The van der Waals surface area contributed by atoms with E-state index in [2.05, 4.69) is 16.0 Å². The Morgan fingerprint density at radius 2 is 2.07 bits per heavy atom. The summed E-state index contributed by atoms with van der Waals surface area (Å²) in [6.45, 7) is 0. The maximum atomic E-state index is 11.7. The van der Waals surface area contributed by atoms with Crippen LogP contribution in [-0.4, -0.2) is 23.0 Å². The van der Waals surface area contributed by atoms with Crippen molar-refractivity contribution in [2.75, 3.05) is 7.11 Å². The van der Waals surface area contributed by atoms with E-state index in [0.29, 0.717) is 27.1 Å². The van der Waals surface area contributed by atoms with Crippen molar-refractivity contribution in [3.8, 4) is 17.4 Å². The average molecular weight is 401 g/mol. The second-order valence-corrected chi connectivity index (χ2v) is 7.09. The van der Waals surface area contributed by atoms with E-state index in [9.17, 15) is 10.1 Å². The van der Waals surface area contributed by atoms with Gasteiger partial charge in [0.1, 0.15) is 17.6 Å². The maximum absolute atomic E-state index is 11.7. The normalized spacial score (nSPS) is 11.4. The van der Waals surface area contributed by atoms with Crippen LogP contribution in [0.5, 0.6) is 0 Å². The molecule has 2 aromatic heterocycles. The van der Waals surface area contributed by atoms with Gasteiger partial charge < -0.3 is 14.1 Å². The van der Waals surface area contributed by atoms with Gasteiger partial charge in [-0.1, -0.05) is 24.3 Å². The molecule has 0 atom stereocenters. The number of aromatic amines is 1. The van der Waals surface area contributed by atoms with Crippen molar-refractivity contribution in [2.45, 2.75) is 5.16 Å². The quantitative estimate of drug-likeness (QED) is 0.278. The van der Waals surface area contributed by atoms with Gasteiger partial charge in [-0.25, -0.2) is 9.78 Å². The first-order chi connectivity index (χ1) is 14.2. The minimum Gasteiger partial charge on any atom is -0.465 e. The highest BCUT2D eigenvalue weighted by atomic mass is 32.2. The summed E-state index contributed by atoms with van der Waals surface area (Å²) in [6.07, 6.45) is 1.66. The van der Waals surface area contributed by atoms with Crippen LogP contribution >= 0.6 is 11.8 Å². The number of methoxy groups -OCH3 is 1. The average Bonchev–Trinajstić information content (AvgIpc) is 3.39. The van der Waals surface area contributed by atoms with Crippen LogP contribution in [0.15, 0.2) is 75.1 Å². The molecule has 7 heteroatoms. The maximum Gasteiger partial charge on any atom is 0.337 e. The van der Waals surface area contributed by atoms with E-state index >= 15 is 0 Å². The molecule has 0 spiro atoms. The highest BCUT2D eigenvalue weighted by molar-refractivity contribution is 8.03. The molecule has 4 rings (SSSR count). The van der Waals surface area contributed by atoms with Gasteiger partial charge in [-0.3, -0.25) is 0 Å². The fourth-order valence-electron chi connectivity index (χ4n) is 2.80. The number of rotatable bonds is 5. The molecule has 29 heavy (non-hydrogen) atoms. The van der Waals surface area contributed by atoms with Gasteiger partial charge in [0.15, 0.2) is 5.16 Å². The second-order valence-electron chi connectivity index (χ2n) is 6.06. The number of allylic oxidation sites excluding steroid dienone is 1. The number of hydrogen-bond acceptors (Lipinski definition) is 6. The number of ether oxygens (including phenoxy) is 1. The number of hydrogen-bond donors (Lipinski definition) is 1. The van der Waals surface area contributed by atoms with Gasteiger partial charge in [-0.2, -0.15) is 5.26 Å². The van der Waals surface area contributed by atoms with Crippen molar-refractivity contribution >= 4 is 34.8 Å². The Kier molecular flexibility index (Phi) is 5.18. The second kappa shape index (κ2) is 8.09. The first-order valence-corrected chi connectivity index (χ1v) is 9.51. The van der Waals surface area contributed by atoms with Crippen LogP contribution in [0, 0.1) is 11.3 Å². The van der Waals surface area contributed by atoms with Crippen LogP contribution < -0.4 is 0 Å². The first-order valence-electron chi connectivity index (χ1n) is 8.69. The van der Waals surface area contributed by atoms with E-state index in [0.717, 1.165) is 16.6 Å². The number of carbonyl (C=O) groups excluding carboxylic acids is 1. The van der Waals surface area contributed by atoms with E-state index in [1.165, 1.54) is 18.9 Å². The summed E-state index contributed by atoms with van der Waals surface area (Å²) in [4.78, 5) is 19.8. The SMILES string of the molecule is COC(=O)c1cccc(-c2ccc(/C=C(\C#N)Sc3nc4ccccc4[nH]3)o2)c1. The van der Waals surface area contributed by atoms with Crippen molar-refractivity contribution in [3.63, 3.8) is 0 Å². The fraction of sp³-hybridized carbons (Fsp3) is 0.0455. The molecular weight excluding hydrogens is 386 g/mol. The number of fused-ring (bicyclic) bond motifs is 1. The van der Waals surface area contributed by atoms with Crippen LogP contribution in [0.4, 0.5) is 0 Å². The monoisotopic (exact) mass is 401 g/mol. The first kappa shape index (κ1) is 18.6. The molecule has 0 aliphatic heterocycles. The zero-order chi connectivity index (χ0) is 20.2. The summed E-state index contributed by atoms with van der Waals surface area (Å²) in [6, 6.07) is 20.4. The summed E-state index contributed by atoms with van der Waals surface area (Å²) in [5.74, 6) is 0.712. The molecule has 0 aliphatic carbocycles. The molecule has 0 fully saturated rings. The van der Waals surface area contributed by atoms with Crippen LogP contribution in [0.25, 0.3) is 28.4 Å².